The van der Waals surface area contributed by atoms with Crippen molar-refractivity contribution in [2.24, 2.45) is 0 Å². The lowest BCUT2D eigenvalue weighted by Crippen LogP contribution is -2.18. The van der Waals surface area contributed by atoms with E-state index in [4.69, 9.17) is 0 Å². The van der Waals surface area contributed by atoms with Crippen molar-refractivity contribution in [3.05, 3.63) is 35.9 Å². The fourth-order valence-corrected chi connectivity index (χ4v) is 2.09. The second kappa shape index (κ2) is 7.19. The van der Waals surface area contributed by atoms with Gasteiger partial charge in [0.05, 0.1) is 18.4 Å². The monoisotopic (exact) mass is 279 g/mol. The highest BCUT2D eigenvalue weighted by atomic mass is 19.1. The van der Waals surface area contributed by atoms with E-state index in [1.54, 1.807) is 10.9 Å². The summed E-state index contributed by atoms with van der Waals surface area (Å²) in [5, 5.41) is 11.8. The zero-order valence-electron chi connectivity index (χ0n) is 12.1. The van der Waals surface area contributed by atoms with E-state index in [0.29, 0.717) is 12.6 Å². The summed E-state index contributed by atoms with van der Waals surface area (Å²) >= 11 is 0. The second-order valence-corrected chi connectivity index (χ2v) is 4.93. The van der Waals surface area contributed by atoms with Crippen LogP contribution < -0.4 is 5.32 Å². The molecule has 0 amide bonds. The molecule has 0 fully saturated rings. The summed E-state index contributed by atoms with van der Waals surface area (Å²) in [7, 11) is 0. The second-order valence-electron chi connectivity index (χ2n) is 4.93. The Hall–Kier alpha value is -1.69. The highest BCUT2D eigenvalue weighted by molar-refractivity contribution is 5.05. The Bertz CT molecular complexity index is 519. The van der Waals surface area contributed by atoms with Crippen LogP contribution in [0.25, 0.3) is 0 Å². The molecule has 0 aromatic carbocycles. The van der Waals surface area contributed by atoms with E-state index >= 15 is 0 Å². The van der Waals surface area contributed by atoms with Crippen LogP contribution in [0.1, 0.15) is 37.6 Å². The van der Waals surface area contributed by atoms with Gasteiger partial charge >= 0.3 is 0 Å². The Morgan fingerprint density at radius 1 is 1.35 bits per heavy atom. The molecule has 6 heteroatoms. The number of aryl methyl sites for hydroxylation is 1. The van der Waals surface area contributed by atoms with Crippen molar-refractivity contribution >= 4 is 0 Å². The average Bonchev–Trinajstić information content (AvgIpc) is 3.08. The molecule has 0 aliphatic rings. The van der Waals surface area contributed by atoms with E-state index in [2.05, 4.69) is 34.0 Å². The quantitative estimate of drug-likeness (QED) is 0.806. The molecule has 1 N–H and O–H groups in total. The normalized spacial score (nSPS) is 12.8. The number of aromatic nitrogens is 4. The Morgan fingerprint density at radius 2 is 2.20 bits per heavy atom. The van der Waals surface area contributed by atoms with Crippen LogP contribution in [-0.4, -0.2) is 26.2 Å². The summed E-state index contributed by atoms with van der Waals surface area (Å²) in [5.41, 5.74) is 2.24. The fraction of sp³-hybridized carbons (Fsp3) is 0.571. The molecular formula is C14H22FN5. The molecule has 2 heterocycles. The molecule has 0 bridgehead atoms. The molecule has 5 nitrogen and oxygen atoms in total. The van der Waals surface area contributed by atoms with Crippen LogP contribution in [0.4, 0.5) is 4.39 Å². The van der Waals surface area contributed by atoms with Gasteiger partial charge in [-0.2, -0.15) is 10.2 Å². The van der Waals surface area contributed by atoms with Gasteiger partial charge in [0.1, 0.15) is 6.67 Å². The van der Waals surface area contributed by atoms with Crippen LogP contribution in [0.15, 0.2) is 24.7 Å². The number of rotatable bonds is 8. The largest absolute Gasteiger partial charge is 0.307 e. The smallest absolute Gasteiger partial charge is 0.109 e. The lowest BCUT2D eigenvalue weighted by molar-refractivity contribution is 0.427. The van der Waals surface area contributed by atoms with Gasteiger partial charge < -0.3 is 5.32 Å². The summed E-state index contributed by atoms with van der Waals surface area (Å²) in [4.78, 5) is 0. The molecule has 2 rings (SSSR count). The summed E-state index contributed by atoms with van der Waals surface area (Å²) in [6.07, 6.45) is 6.54. The molecule has 20 heavy (non-hydrogen) atoms. The van der Waals surface area contributed by atoms with Gasteiger partial charge in [-0.25, -0.2) is 4.39 Å². The van der Waals surface area contributed by atoms with E-state index in [-0.39, 0.29) is 6.67 Å². The molecule has 2 aromatic rings. The third kappa shape index (κ3) is 3.66. The SMILES string of the molecule is CCC(C)n1nccc1CNCc1cnn(CCF)c1. The predicted molar refractivity (Wildman–Crippen MR) is 76.0 cm³/mol. The van der Waals surface area contributed by atoms with Gasteiger partial charge in [0, 0.05) is 37.1 Å². The Morgan fingerprint density at radius 3 is 2.95 bits per heavy atom. The van der Waals surface area contributed by atoms with E-state index in [1.807, 2.05) is 18.5 Å². The lowest BCUT2D eigenvalue weighted by Gasteiger charge is -2.13. The van der Waals surface area contributed by atoms with Gasteiger partial charge in [0.25, 0.3) is 0 Å². The predicted octanol–water partition coefficient (Wildman–Crippen LogP) is 2.31. The molecular weight excluding hydrogens is 257 g/mol. The summed E-state index contributed by atoms with van der Waals surface area (Å²) in [6, 6.07) is 2.44. The fourth-order valence-electron chi connectivity index (χ4n) is 2.09. The van der Waals surface area contributed by atoms with Gasteiger partial charge in [-0.05, 0) is 19.4 Å². The first-order valence-corrected chi connectivity index (χ1v) is 7.05. The highest BCUT2D eigenvalue weighted by Gasteiger charge is 2.08. The van der Waals surface area contributed by atoms with Crippen molar-refractivity contribution < 1.29 is 4.39 Å². The third-order valence-electron chi connectivity index (χ3n) is 3.40. The summed E-state index contributed by atoms with van der Waals surface area (Å²) in [6.45, 7) is 5.74. The third-order valence-corrected chi connectivity index (χ3v) is 3.40. The molecule has 110 valence electrons. The number of hydrogen-bond acceptors (Lipinski definition) is 3. The Labute approximate surface area is 118 Å². The van der Waals surface area contributed by atoms with E-state index in [0.717, 1.165) is 25.1 Å². The van der Waals surface area contributed by atoms with Gasteiger partial charge in [0.15, 0.2) is 0 Å². The maximum absolute atomic E-state index is 12.2. The van der Waals surface area contributed by atoms with Crippen molar-refractivity contribution in [3.63, 3.8) is 0 Å². The van der Waals surface area contributed by atoms with Crippen LogP contribution in [0.3, 0.4) is 0 Å². The molecule has 2 aromatic heterocycles. The average molecular weight is 279 g/mol. The van der Waals surface area contributed by atoms with Gasteiger partial charge in [0.2, 0.25) is 0 Å². The van der Waals surface area contributed by atoms with Crippen LogP contribution in [0.2, 0.25) is 0 Å². The first kappa shape index (κ1) is 14.7. The number of alkyl halides is 1. The molecule has 1 unspecified atom stereocenters. The van der Waals surface area contributed by atoms with Crippen LogP contribution in [-0.2, 0) is 19.6 Å². The molecule has 0 aliphatic carbocycles. The van der Waals surface area contributed by atoms with Crippen molar-refractivity contribution in [2.75, 3.05) is 6.67 Å². The number of halogens is 1. The number of nitrogens with one attached hydrogen (secondary N) is 1. The molecule has 1 atom stereocenters. The Kier molecular flexibility index (Phi) is 5.29. The Balaban J connectivity index is 1.84. The highest BCUT2D eigenvalue weighted by Crippen LogP contribution is 2.12. The minimum Gasteiger partial charge on any atom is -0.307 e. The molecule has 0 saturated heterocycles. The van der Waals surface area contributed by atoms with Crippen molar-refractivity contribution in [1.82, 2.24) is 24.9 Å². The van der Waals surface area contributed by atoms with E-state index in [9.17, 15) is 4.39 Å². The van der Waals surface area contributed by atoms with Gasteiger partial charge in [-0.1, -0.05) is 6.92 Å². The molecule has 0 spiro atoms. The maximum atomic E-state index is 12.2. The molecule has 0 aliphatic heterocycles. The van der Waals surface area contributed by atoms with Crippen molar-refractivity contribution in [2.45, 2.75) is 45.9 Å². The number of nitrogens with zero attached hydrogens (tertiary/aromatic N) is 4. The van der Waals surface area contributed by atoms with Gasteiger partial charge in [-0.3, -0.25) is 9.36 Å². The lowest BCUT2D eigenvalue weighted by atomic mass is 10.2. The molecule has 0 radical (unpaired) electrons. The molecule has 0 saturated carbocycles. The standard InChI is InChI=1S/C14H22FN5/c1-3-12(2)20-14(4-6-17-20)10-16-8-13-9-18-19(11-13)7-5-15/h4,6,9,11-12,16H,3,5,7-8,10H2,1-2H3. The van der Waals surface area contributed by atoms with E-state index in [1.165, 1.54) is 5.69 Å². The summed E-state index contributed by atoms with van der Waals surface area (Å²) < 4.78 is 15.9. The van der Waals surface area contributed by atoms with Crippen molar-refractivity contribution in [1.29, 1.82) is 0 Å². The van der Waals surface area contributed by atoms with Crippen LogP contribution in [0.5, 0.6) is 0 Å². The maximum Gasteiger partial charge on any atom is 0.109 e. The van der Waals surface area contributed by atoms with E-state index < -0.39 is 0 Å². The first-order valence-electron chi connectivity index (χ1n) is 7.05. The minimum absolute atomic E-state index is 0.320. The number of hydrogen-bond donors (Lipinski definition) is 1. The zero-order chi connectivity index (χ0) is 14.4. The zero-order valence-corrected chi connectivity index (χ0v) is 12.1. The minimum atomic E-state index is -0.386. The van der Waals surface area contributed by atoms with Gasteiger partial charge in [-0.15, -0.1) is 0 Å². The topological polar surface area (TPSA) is 47.7 Å². The first-order chi connectivity index (χ1) is 9.74. The van der Waals surface area contributed by atoms with Crippen molar-refractivity contribution in [3.8, 4) is 0 Å². The van der Waals surface area contributed by atoms with Crippen LogP contribution >= 0.6 is 0 Å². The van der Waals surface area contributed by atoms with Crippen LogP contribution in [0, 0.1) is 0 Å². The summed E-state index contributed by atoms with van der Waals surface area (Å²) in [5.74, 6) is 0.